The SMILES string of the molecule is CC1(C)c2cc(-c3ccc(-c4cccc5cccnc45)cc3)ccc2-c2ccc(-c3cccc(-n4c5ccccc5c5ccccc54)c3)cc21.CCC. The molecule has 1 aliphatic carbocycles. The Morgan fingerprint density at radius 2 is 1.00 bits per heavy atom. The maximum Gasteiger partial charge on any atom is 0.0780 e. The fraction of sp³-hybridized carbons (Fsp3) is 0.118. The second-order valence-electron chi connectivity index (χ2n) is 14.7. The van der Waals surface area contributed by atoms with Crippen molar-refractivity contribution in [1.29, 1.82) is 0 Å². The Bertz CT molecular complexity index is 2740. The molecule has 256 valence electrons. The highest BCUT2D eigenvalue weighted by Gasteiger charge is 2.36. The minimum Gasteiger partial charge on any atom is -0.309 e. The van der Waals surface area contributed by atoms with E-state index in [0.717, 1.165) is 16.5 Å². The van der Waals surface area contributed by atoms with Crippen LogP contribution in [0.25, 0.3) is 82.9 Å². The van der Waals surface area contributed by atoms with Gasteiger partial charge in [0.2, 0.25) is 0 Å². The lowest BCUT2D eigenvalue weighted by Gasteiger charge is -2.23. The number of hydrogen-bond donors (Lipinski definition) is 0. The average molecular weight is 683 g/mol. The molecule has 2 aromatic heterocycles. The van der Waals surface area contributed by atoms with Crippen LogP contribution in [0.4, 0.5) is 0 Å². The van der Waals surface area contributed by atoms with E-state index < -0.39 is 0 Å². The highest BCUT2D eigenvalue weighted by atomic mass is 15.0. The molecule has 0 bridgehead atoms. The summed E-state index contributed by atoms with van der Waals surface area (Å²) in [5, 5.41) is 3.72. The third kappa shape index (κ3) is 5.45. The van der Waals surface area contributed by atoms with Crippen molar-refractivity contribution < 1.29 is 0 Å². The van der Waals surface area contributed by atoms with Crippen molar-refractivity contribution in [2.75, 3.05) is 0 Å². The van der Waals surface area contributed by atoms with Crippen molar-refractivity contribution >= 4 is 32.7 Å². The Kier molecular flexibility index (Phi) is 8.05. The molecule has 2 heterocycles. The molecule has 0 unspecified atom stereocenters. The van der Waals surface area contributed by atoms with Gasteiger partial charge in [-0.25, -0.2) is 0 Å². The Morgan fingerprint density at radius 1 is 0.472 bits per heavy atom. The minimum absolute atomic E-state index is 0.129. The Labute approximate surface area is 312 Å². The minimum atomic E-state index is -0.129. The molecule has 0 amide bonds. The normalized spacial score (nSPS) is 12.8. The summed E-state index contributed by atoms with van der Waals surface area (Å²) in [6.07, 6.45) is 3.12. The Balaban J connectivity index is 0.00000120. The topological polar surface area (TPSA) is 17.8 Å². The van der Waals surface area contributed by atoms with Crippen LogP contribution in [-0.2, 0) is 5.41 Å². The molecular formula is C51H42N2. The lowest BCUT2D eigenvalue weighted by Crippen LogP contribution is -2.15. The van der Waals surface area contributed by atoms with Crippen LogP contribution in [-0.4, -0.2) is 9.55 Å². The summed E-state index contributed by atoms with van der Waals surface area (Å²) in [6.45, 7) is 8.99. The predicted octanol–water partition coefficient (Wildman–Crippen LogP) is 14.1. The number of pyridine rings is 1. The van der Waals surface area contributed by atoms with Crippen LogP contribution in [0.3, 0.4) is 0 Å². The molecule has 2 nitrogen and oxygen atoms in total. The molecule has 7 aromatic carbocycles. The summed E-state index contributed by atoms with van der Waals surface area (Å²) in [6, 6.07) is 59.9. The van der Waals surface area contributed by atoms with Crippen LogP contribution in [0.2, 0.25) is 0 Å². The highest BCUT2D eigenvalue weighted by Crippen LogP contribution is 2.51. The van der Waals surface area contributed by atoms with Crippen molar-refractivity contribution in [2.45, 2.75) is 39.5 Å². The number of nitrogens with zero attached hydrogens (tertiary/aromatic N) is 2. The van der Waals surface area contributed by atoms with Crippen molar-refractivity contribution in [3.8, 4) is 50.2 Å². The molecule has 0 spiro atoms. The van der Waals surface area contributed by atoms with E-state index in [1.165, 1.54) is 84.0 Å². The molecular weight excluding hydrogens is 641 g/mol. The van der Waals surface area contributed by atoms with E-state index >= 15 is 0 Å². The maximum absolute atomic E-state index is 4.68. The summed E-state index contributed by atoms with van der Waals surface area (Å²) >= 11 is 0. The van der Waals surface area contributed by atoms with Crippen molar-refractivity contribution in [3.63, 3.8) is 0 Å². The number of para-hydroxylation sites is 3. The predicted molar refractivity (Wildman–Crippen MR) is 226 cm³/mol. The fourth-order valence-electron chi connectivity index (χ4n) is 8.30. The number of rotatable bonds is 4. The molecule has 9 aromatic rings. The number of hydrogen-bond acceptors (Lipinski definition) is 1. The number of benzene rings is 7. The van der Waals surface area contributed by atoms with Crippen LogP contribution >= 0.6 is 0 Å². The van der Waals surface area contributed by atoms with Crippen LogP contribution in [0.1, 0.15) is 45.2 Å². The molecule has 0 fully saturated rings. The van der Waals surface area contributed by atoms with Gasteiger partial charge in [-0.2, -0.15) is 0 Å². The summed E-state index contributed by atoms with van der Waals surface area (Å²) in [5.74, 6) is 0. The van der Waals surface area contributed by atoms with E-state index in [9.17, 15) is 0 Å². The first-order valence-corrected chi connectivity index (χ1v) is 18.8. The molecule has 2 heteroatoms. The van der Waals surface area contributed by atoms with Gasteiger partial charge >= 0.3 is 0 Å². The van der Waals surface area contributed by atoms with Crippen LogP contribution in [0.5, 0.6) is 0 Å². The van der Waals surface area contributed by atoms with Crippen LogP contribution in [0, 0.1) is 0 Å². The standard InChI is InChI=1S/C48H34N2.C3H8/c1-48(2)43-29-35(31-19-21-32(22-20-31)38-16-8-10-33-12-9-27-49-47(33)38)23-25-39(43)40-26-24-36(30-44(40)48)34-11-7-13-37(28-34)50-45-17-5-3-14-41(45)42-15-4-6-18-46(42)50;1-3-2/h3-30H,1-2H3;3H2,1-2H3. The third-order valence-electron chi connectivity index (χ3n) is 10.9. The smallest absolute Gasteiger partial charge is 0.0780 e. The molecule has 53 heavy (non-hydrogen) atoms. The second kappa shape index (κ2) is 13.1. The van der Waals surface area contributed by atoms with Gasteiger partial charge in [0, 0.05) is 39.0 Å². The summed E-state index contributed by atoms with van der Waals surface area (Å²) < 4.78 is 2.40. The van der Waals surface area contributed by atoms with Crippen LogP contribution in [0.15, 0.2) is 170 Å². The van der Waals surface area contributed by atoms with E-state index in [4.69, 9.17) is 0 Å². The summed E-state index contributed by atoms with van der Waals surface area (Å²) in [5.41, 5.74) is 17.2. The van der Waals surface area contributed by atoms with E-state index in [1.807, 2.05) is 12.3 Å². The van der Waals surface area contributed by atoms with Gasteiger partial charge in [-0.1, -0.05) is 155 Å². The van der Waals surface area contributed by atoms with Gasteiger partial charge in [0.05, 0.1) is 16.6 Å². The van der Waals surface area contributed by atoms with Gasteiger partial charge in [0.1, 0.15) is 0 Å². The average Bonchev–Trinajstić information content (AvgIpc) is 3.66. The van der Waals surface area contributed by atoms with Gasteiger partial charge in [0.15, 0.2) is 0 Å². The van der Waals surface area contributed by atoms with Crippen molar-refractivity contribution in [1.82, 2.24) is 9.55 Å². The molecule has 10 rings (SSSR count). The zero-order chi connectivity index (χ0) is 36.1. The van der Waals surface area contributed by atoms with E-state index in [-0.39, 0.29) is 5.41 Å². The quantitative estimate of drug-likeness (QED) is 0.181. The van der Waals surface area contributed by atoms with E-state index in [2.05, 4.69) is 195 Å². The Morgan fingerprint density at radius 3 is 1.66 bits per heavy atom. The van der Waals surface area contributed by atoms with Crippen molar-refractivity contribution in [2.24, 2.45) is 0 Å². The zero-order valence-corrected chi connectivity index (χ0v) is 30.8. The molecule has 0 saturated heterocycles. The second-order valence-corrected chi connectivity index (χ2v) is 14.7. The zero-order valence-electron chi connectivity index (χ0n) is 30.8. The lowest BCUT2D eigenvalue weighted by atomic mass is 9.81. The Hall–Kier alpha value is -6.25. The number of aromatic nitrogens is 2. The molecule has 0 saturated carbocycles. The van der Waals surface area contributed by atoms with Gasteiger partial charge in [-0.05, 0) is 92.5 Å². The number of fused-ring (bicyclic) bond motifs is 7. The van der Waals surface area contributed by atoms with Gasteiger partial charge in [-0.3, -0.25) is 4.98 Å². The highest BCUT2D eigenvalue weighted by molar-refractivity contribution is 6.09. The maximum atomic E-state index is 4.68. The molecule has 0 radical (unpaired) electrons. The first kappa shape index (κ1) is 32.6. The van der Waals surface area contributed by atoms with Gasteiger partial charge < -0.3 is 4.57 Å². The van der Waals surface area contributed by atoms with E-state index in [1.54, 1.807) is 0 Å². The first-order valence-electron chi connectivity index (χ1n) is 18.8. The van der Waals surface area contributed by atoms with Gasteiger partial charge in [-0.15, -0.1) is 0 Å². The van der Waals surface area contributed by atoms with Crippen molar-refractivity contribution in [3.05, 3.63) is 181 Å². The lowest BCUT2D eigenvalue weighted by molar-refractivity contribution is 0.661. The first-order chi connectivity index (χ1) is 26.0. The third-order valence-corrected chi connectivity index (χ3v) is 10.9. The van der Waals surface area contributed by atoms with E-state index in [0.29, 0.717) is 0 Å². The molecule has 0 N–H and O–H groups in total. The van der Waals surface area contributed by atoms with Gasteiger partial charge in [0.25, 0.3) is 0 Å². The molecule has 1 aliphatic rings. The molecule has 0 aliphatic heterocycles. The fourth-order valence-corrected chi connectivity index (χ4v) is 8.30. The summed E-state index contributed by atoms with van der Waals surface area (Å²) in [4.78, 5) is 4.68. The monoisotopic (exact) mass is 682 g/mol. The largest absolute Gasteiger partial charge is 0.309 e. The molecule has 0 atom stereocenters. The van der Waals surface area contributed by atoms with Crippen LogP contribution < -0.4 is 0 Å². The summed E-state index contributed by atoms with van der Waals surface area (Å²) in [7, 11) is 0.